The predicted molar refractivity (Wildman–Crippen MR) is 188 cm³/mol. The van der Waals surface area contributed by atoms with Gasteiger partial charge in [-0.2, -0.15) is 0 Å². The Bertz CT molecular complexity index is 1890. The zero-order valence-electron chi connectivity index (χ0n) is 25.9. The van der Waals surface area contributed by atoms with E-state index in [1.807, 2.05) is 118 Å². The maximum atomic E-state index is 13.7. The molecule has 3 N–H and O–H groups in total. The lowest BCUT2D eigenvalue weighted by Crippen LogP contribution is -2.30. The lowest BCUT2D eigenvalue weighted by Gasteiger charge is -2.19. The van der Waals surface area contributed by atoms with Crippen LogP contribution in [0.3, 0.4) is 0 Å². The van der Waals surface area contributed by atoms with Crippen molar-refractivity contribution in [2.75, 3.05) is 10.6 Å². The molecule has 0 saturated heterocycles. The Morgan fingerprint density at radius 3 is 2.13 bits per heavy atom. The van der Waals surface area contributed by atoms with E-state index in [-0.39, 0.29) is 17.5 Å². The molecule has 0 fully saturated rings. The number of carbonyl (C=O) groups excluding carboxylic acids is 3. The highest BCUT2D eigenvalue weighted by atomic mass is 32.2. The van der Waals surface area contributed by atoms with Gasteiger partial charge in [0.15, 0.2) is 0 Å². The molecule has 6 nitrogen and oxygen atoms in total. The van der Waals surface area contributed by atoms with Crippen LogP contribution in [0.2, 0.25) is 0 Å². The molecular formula is C39H35N3O3S. The van der Waals surface area contributed by atoms with Crippen molar-refractivity contribution in [3.8, 4) is 0 Å². The van der Waals surface area contributed by atoms with Crippen LogP contribution in [-0.2, 0) is 9.59 Å². The first kappa shape index (κ1) is 32.0. The van der Waals surface area contributed by atoms with Gasteiger partial charge in [0.05, 0.1) is 0 Å². The van der Waals surface area contributed by atoms with Gasteiger partial charge in [-0.1, -0.05) is 96.6 Å². The number of thioether (sulfide) groups is 1. The highest BCUT2D eigenvalue weighted by molar-refractivity contribution is 8.00. The molecular weight excluding hydrogens is 591 g/mol. The maximum Gasteiger partial charge on any atom is 0.272 e. The Labute approximate surface area is 274 Å². The summed E-state index contributed by atoms with van der Waals surface area (Å²) in [6.45, 7) is 5.97. The van der Waals surface area contributed by atoms with Gasteiger partial charge < -0.3 is 16.0 Å². The van der Waals surface area contributed by atoms with Crippen molar-refractivity contribution in [3.63, 3.8) is 0 Å². The van der Waals surface area contributed by atoms with Crippen LogP contribution < -0.4 is 16.0 Å². The summed E-state index contributed by atoms with van der Waals surface area (Å²) in [6, 6.07) is 39.2. The molecule has 230 valence electrons. The van der Waals surface area contributed by atoms with Gasteiger partial charge in [-0.3, -0.25) is 14.4 Å². The molecule has 5 aromatic carbocycles. The molecule has 0 bridgehead atoms. The summed E-state index contributed by atoms with van der Waals surface area (Å²) in [4.78, 5) is 41.2. The summed E-state index contributed by atoms with van der Waals surface area (Å²) in [7, 11) is 0. The number of benzene rings is 5. The average molecular weight is 626 g/mol. The van der Waals surface area contributed by atoms with Crippen LogP contribution in [0.15, 0.2) is 138 Å². The van der Waals surface area contributed by atoms with E-state index >= 15 is 0 Å². The molecule has 3 amide bonds. The highest BCUT2D eigenvalue weighted by Gasteiger charge is 2.23. The van der Waals surface area contributed by atoms with E-state index in [2.05, 4.69) is 16.0 Å². The molecule has 0 heterocycles. The molecule has 7 heteroatoms. The number of nitrogens with one attached hydrogen (secondary N) is 3. The first-order valence-corrected chi connectivity index (χ1v) is 15.8. The standard InChI is InChI=1S/C39H35N3O3S/c1-26-13-10-15-29(23-26)24-35(42-37(43)31-18-8-5-9-19-31)38(44)40-32-20-12-21-33(25-32)46-36(30-16-6-4-7-17-30)39(45)41-34-22-11-14-27(2)28(34)3/h4-25,36H,1-3H3,(H,40,44)(H,41,45)(H,42,43)/b35-24+. The molecule has 0 radical (unpaired) electrons. The van der Waals surface area contributed by atoms with Gasteiger partial charge in [-0.15, -0.1) is 11.8 Å². The van der Waals surface area contributed by atoms with E-state index in [1.165, 1.54) is 11.8 Å². The second-order valence-electron chi connectivity index (χ2n) is 10.9. The second-order valence-corrected chi connectivity index (χ2v) is 12.1. The summed E-state index contributed by atoms with van der Waals surface area (Å²) in [6.07, 6.45) is 1.66. The summed E-state index contributed by atoms with van der Waals surface area (Å²) < 4.78 is 0. The fraction of sp³-hybridized carbons (Fsp3) is 0.103. The Balaban J connectivity index is 1.38. The van der Waals surface area contributed by atoms with E-state index in [9.17, 15) is 14.4 Å². The molecule has 0 aliphatic heterocycles. The first-order valence-electron chi connectivity index (χ1n) is 14.9. The van der Waals surface area contributed by atoms with Crippen molar-refractivity contribution in [2.24, 2.45) is 0 Å². The van der Waals surface area contributed by atoms with Crippen molar-refractivity contribution in [3.05, 3.63) is 166 Å². The molecule has 1 atom stereocenters. The Morgan fingerprint density at radius 1 is 0.696 bits per heavy atom. The van der Waals surface area contributed by atoms with Crippen molar-refractivity contribution < 1.29 is 14.4 Å². The molecule has 5 aromatic rings. The lowest BCUT2D eigenvalue weighted by molar-refractivity contribution is -0.116. The third-order valence-electron chi connectivity index (χ3n) is 7.43. The van der Waals surface area contributed by atoms with Crippen LogP contribution in [-0.4, -0.2) is 17.7 Å². The number of hydrogen-bond donors (Lipinski definition) is 3. The Hall–Kier alpha value is -5.40. The average Bonchev–Trinajstić information content (AvgIpc) is 3.06. The van der Waals surface area contributed by atoms with E-state index < -0.39 is 11.2 Å². The minimum absolute atomic E-state index is 0.104. The molecule has 0 saturated carbocycles. The summed E-state index contributed by atoms with van der Waals surface area (Å²) in [5, 5.41) is 8.29. The van der Waals surface area contributed by atoms with Gasteiger partial charge in [-0.05, 0) is 85.5 Å². The third kappa shape index (κ3) is 8.40. The second kappa shape index (κ2) is 15.1. The number of rotatable bonds is 10. The van der Waals surface area contributed by atoms with Crippen LogP contribution in [0.25, 0.3) is 6.08 Å². The van der Waals surface area contributed by atoms with Crippen molar-refractivity contribution in [2.45, 2.75) is 30.9 Å². The fourth-order valence-electron chi connectivity index (χ4n) is 4.84. The van der Waals surface area contributed by atoms with Gasteiger partial charge in [0.1, 0.15) is 10.9 Å². The van der Waals surface area contributed by atoms with Crippen LogP contribution in [0.4, 0.5) is 11.4 Å². The quantitative estimate of drug-likeness (QED) is 0.107. The first-order chi connectivity index (χ1) is 22.3. The van der Waals surface area contributed by atoms with Gasteiger partial charge in [0, 0.05) is 21.8 Å². The minimum Gasteiger partial charge on any atom is -0.325 e. The van der Waals surface area contributed by atoms with Crippen molar-refractivity contribution in [1.29, 1.82) is 0 Å². The van der Waals surface area contributed by atoms with Gasteiger partial charge in [0.2, 0.25) is 5.91 Å². The number of aryl methyl sites for hydroxylation is 2. The summed E-state index contributed by atoms with van der Waals surface area (Å²) >= 11 is 1.39. The Morgan fingerprint density at radius 2 is 1.39 bits per heavy atom. The maximum absolute atomic E-state index is 13.7. The predicted octanol–water partition coefficient (Wildman–Crippen LogP) is 8.49. The molecule has 5 rings (SSSR count). The van der Waals surface area contributed by atoms with E-state index in [1.54, 1.807) is 36.4 Å². The van der Waals surface area contributed by atoms with Crippen LogP contribution >= 0.6 is 11.8 Å². The smallest absolute Gasteiger partial charge is 0.272 e. The molecule has 1 unspecified atom stereocenters. The van der Waals surface area contributed by atoms with E-state index in [0.717, 1.165) is 38.4 Å². The topological polar surface area (TPSA) is 87.3 Å². The number of amides is 3. The largest absolute Gasteiger partial charge is 0.325 e. The molecule has 0 aromatic heterocycles. The molecule has 46 heavy (non-hydrogen) atoms. The molecule has 0 aliphatic carbocycles. The van der Waals surface area contributed by atoms with E-state index in [4.69, 9.17) is 0 Å². The van der Waals surface area contributed by atoms with Crippen LogP contribution in [0.1, 0.15) is 43.4 Å². The van der Waals surface area contributed by atoms with Crippen LogP contribution in [0.5, 0.6) is 0 Å². The number of carbonyl (C=O) groups is 3. The zero-order chi connectivity index (χ0) is 32.5. The third-order valence-corrected chi connectivity index (χ3v) is 8.68. The SMILES string of the molecule is Cc1cccc(/C=C(/NC(=O)c2ccccc2)C(=O)Nc2cccc(SC(C(=O)Nc3cccc(C)c3C)c3ccccc3)c2)c1. The molecule has 0 spiro atoms. The summed E-state index contributed by atoms with van der Waals surface area (Å²) in [5.41, 5.74) is 6.64. The van der Waals surface area contributed by atoms with Gasteiger partial charge in [-0.25, -0.2) is 0 Å². The zero-order valence-corrected chi connectivity index (χ0v) is 26.7. The minimum atomic E-state index is -0.547. The van der Waals surface area contributed by atoms with E-state index in [0.29, 0.717) is 11.3 Å². The Kier molecular flexibility index (Phi) is 10.5. The molecule has 0 aliphatic rings. The van der Waals surface area contributed by atoms with Gasteiger partial charge >= 0.3 is 0 Å². The highest BCUT2D eigenvalue weighted by Crippen LogP contribution is 2.37. The monoisotopic (exact) mass is 625 g/mol. The number of anilines is 2. The normalized spacial score (nSPS) is 11.8. The van der Waals surface area contributed by atoms with Crippen molar-refractivity contribution in [1.82, 2.24) is 5.32 Å². The van der Waals surface area contributed by atoms with Gasteiger partial charge in [0.25, 0.3) is 11.8 Å². The van der Waals surface area contributed by atoms with Crippen molar-refractivity contribution >= 4 is 46.9 Å². The summed E-state index contributed by atoms with van der Waals surface area (Å²) in [5.74, 6) is -1.01. The number of hydrogen-bond acceptors (Lipinski definition) is 4. The van der Waals surface area contributed by atoms with Crippen LogP contribution in [0, 0.1) is 20.8 Å². The lowest BCUT2D eigenvalue weighted by atomic mass is 10.1. The fourth-order valence-corrected chi connectivity index (χ4v) is 5.92.